The first-order chi connectivity index (χ1) is 20.6. The van der Waals surface area contributed by atoms with Crippen LogP contribution in [0.15, 0.2) is 0 Å². The molecule has 42 heavy (non-hydrogen) atoms. The molecule has 0 radical (unpaired) electrons. The molecule has 0 saturated carbocycles. The monoisotopic (exact) mass is 616 g/mol. The van der Waals surface area contributed by atoms with Crippen molar-refractivity contribution in [3.8, 4) is 12.3 Å². The molecule has 4 amide bonds. The summed E-state index contributed by atoms with van der Waals surface area (Å²) in [5.74, 6) is 3.21. The number of ether oxygens (including phenoxy) is 6. The van der Waals surface area contributed by atoms with E-state index in [1.54, 1.807) is 0 Å². The number of terminal acetylenes is 1. The van der Waals surface area contributed by atoms with Gasteiger partial charge in [0.05, 0.1) is 97.9 Å². The molecule has 0 spiro atoms. The first-order valence-electron chi connectivity index (χ1n) is 14.7. The molecule has 0 aromatic rings. The van der Waals surface area contributed by atoms with Crippen molar-refractivity contribution in [2.75, 3.05) is 98.1 Å². The number of hydrogen-bond acceptors (Lipinski definition) is 10. The molecule has 240 valence electrons. The lowest BCUT2D eigenvalue weighted by molar-refractivity contribution is -0.122. The Hall–Kier alpha value is -2.12. The van der Waals surface area contributed by atoms with E-state index in [1.165, 1.54) is 0 Å². The van der Waals surface area contributed by atoms with Gasteiger partial charge in [0.1, 0.15) is 0 Å². The molecule has 3 atom stereocenters. The molecule has 0 aromatic carbocycles. The standard InChI is InChI=1S/C28H48N4O9S/c1-2-8-29-26(34)7-10-36-12-14-38-16-18-40-20-21-41-19-17-39-15-13-37-11-9-30-25(33)6-4-3-5-24-27-23(22-42-24)31-28(35)32-27/h1,23-24,27H,3-22H2,(H,29,34)(H,30,33)(H2,31,32,35)/t23-,24-,27-/m0/s1. The van der Waals surface area contributed by atoms with E-state index < -0.39 is 0 Å². The van der Waals surface area contributed by atoms with Crippen molar-refractivity contribution in [1.82, 2.24) is 21.3 Å². The summed E-state index contributed by atoms with van der Waals surface area (Å²) in [5, 5.41) is 11.8. The van der Waals surface area contributed by atoms with E-state index in [4.69, 9.17) is 34.8 Å². The second-order valence-electron chi connectivity index (χ2n) is 9.62. The molecule has 0 bridgehead atoms. The Morgan fingerprint density at radius 3 is 1.90 bits per heavy atom. The van der Waals surface area contributed by atoms with Crippen LogP contribution in [0.2, 0.25) is 0 Å². The fraction of sp³-hybridized carbons (Fsp3) is 0.821. The van der Waals surface area contributed by atoms with E-state index in [1.807, 2.05) is 11.8 Å². The summed E-state index contributed by atoms with van der Waals surface area (Å²) in [6.07, 6.45) is 8.67. The Labute approximate surface area is 253 Å². The van der Waals surface area contributed by atoms with Gasteiger partial charge in [-0.2, -0.15) is 11.8 Å². The van der Waals surface area contributed by atoms with Gasteiger partial charge < -0.3 is 49.7 Å². The van der Waals surface area contributed by atoms with Gasteiger partial charge in [-0.05, 0) is 12.8 Å². The number of nitrogens with one attached hydrogen (secondary N) is 4. The van der Waals surface area contributed by atoms with Gasteiger partial charge in [0.25, 0.3) is 0 Å². The van der Waals surface area contributed by atoms with Crippen molar-refractivity contribution in [2.45, 2.75) is 49.4 Å². The molecular formula is C28H48N4O9S. The molecule has 0 aromatic heterocycles. The maximum absolute atomic E-state index is 12.0. The number of carbonyl (C=O) groups is 3. The largest absolute Gasteiger partial charge is 0.379 e. The van der Waals surface area contributed by atoms with Crippen LogP contribution < -0.4 is 21.3 Å². The van der Waals surface area contributed by atoms with E-state index in [-0.39, 0.29) is 42.9 Å². The number of thioether (sulfide) groups is 1. The zero-order valence-corrected chi connectivity index (χ0v) is 25.4. The van der Waals surface area contributed by atoms with Gasteiger partial charge in [0, 0.05) is 30.4 Å². The number of rotatable bonds is 27. The lowest BCUT2D eigenvalue weighted by atomic mass is 10.0. The Kier molecular flexibility index (Phi) is 20.9. The summed E-state index contributed by atoms with van der Waals surface area (Å²) in [6.45, 7) is 6.06. The third-order valence-corrected chi connectivity index (χ3v) is 7.88. The second kappa shape index (κ2) is 24.3. The fourth-order valence-corrected chi connectivity index (χ4v) is 5.77. The molecule has 2 fully saturated rings. The van der Waals surface area contributed by atoms with Crippen LogP contribution >= 0.6 is 11.8 Å². The van der Waals surface area contributed by atoms with Crippen LogP contribution in [0.4, 0.5) is 4.79 Å². The zero-order valence-electron chi connectivity index (χ0n) is 24.5. The van der Waals surface area contributed by atoms with Gasteiger partial charge >= 0.3 is 6.03 Å². The Balaban J connectivity index is 1.21. The number of urea groups is 1. The lowest BCUT2D eigenvalue weighted by Crippen LogP contribution is -2.36. The zero-order chi connectivity index (χ0) is 30.1. The summed E-state index contributed by atoms with van der Waals surface area (Å²) in [5.41, 5.74) is 0. The molecule has 0 aliphatic carbocycles. The predicted octanol–water partition coefficient (Wildman–Crippen LogP) is 0.0675. The van der Waals surface area contributed by atoms with E-state index in [2.05, 4.69) is 27.2 Å². The van der Waals surface area contributed by atoms with Gasteiger partial charge in [0.2, 0.25) is 11.8 Å². The lowest BCUT2D eigenvalue weighted by Gasteiger charge is -2.16. The average molecular weight is 617 g/mol. The topological polar surface area (TPSA) is 155 Å². The van der Waals surface area contributed by atoms with E-state index >= 15 is 0 Å². The van der Waals surface area contributed by atoms with E-state index in [9.17, 15) is 14.4 Å². The van der Waals surface area contributed by atoms with Crippen molar-refractivity contribution in [2.24, 2.45) is 0 Å². The van der Waals surface area contributed by atoms with Crippen LogP contribution in [0.25, 0.3) is 0 Å². The highest BCUT2D eigenvalue weighted by Crippen LogP contribution is 2.33. The molecule has 13 nitrogen and oxygen atoms in total. The quantitative estimate of drug-likeness (QED) is 0.0566. The number of hydrogen-bond donors (Lipinski definition) is 4. The molecule has 4 N–H and O–H groups in total. The third kappa shape index (κ3) is 17.7. The van der Waals surface area contributed by atoms with Crippen LogP contribution in [-0.2, 0) is 38.0 Å². The van der Waals surface area contributed by atoms with Gasteiger partial charge in [-0.25, -0.2) is 4.79 Å². The minimum Gasteiger partial charge on any atom is -0.379 e. The van der Waals surface area contributed by atoms with Crippen LogP contribution in [0.5, 0.6) is 0 Å². The van der Waals surface area contributed by atoms with Crippen molar-refractivity contribution < 1.29 is 42.8 Å². The van der Waals surface area contributed by atoms with Crippen molar-refractivity contribution >= 4 is 29.6 Å². The van der Waals surface area contributed by atoms with E-state index in [0.717, 1.165) is 25.0 Å². The molecule has 2 aliphatic rings. The summed E-state index contributed by atoms with van der Waals surface area (Å²) in [4.78, 5) is 34.7. The molecule has 2 heterocycles. The maximum atomic E-state index is 12.0. The minimum absolute atomic E-state index is 0.0397. The van der Waals surface area contributed by atoms with Gasteiger partial charge in [0.15, 0.2) is 0 Å². The van der Waals surface area contributed by atoms with Crippen molar-refractivity contribution in [3.05, 3.63) is 0 Å². The van der Waals surface area contributed by atoms with Crippen molar-refractivity contribution in [1.29, 1.82) is 0 Å². The summed E-state index contributed by atoms with van der Waals surface area (Å²) in [6, 6.07) is 0.406. The van der Waals surface area contributed by atoms with Gasteiger partial charge in [-0.3, -0.25) is 9.59 Å². The Morgan fingerprint density at radius 1 is 0.762 bits per heavy atom. The molecule has 2 rings (SSSR count). The van der Waals surface area contributed by atoms with Crippen LogP contribution in [0, 0.1) is 12.3 Å². The van der Waals surface area contributed by atoms with Crippen LogP contribution in [0.1, 0.15) is 32.1 Å². The molecule has 0 unspecified atom stereocenters. The predicted molar refractivity (Wildman–Crippen MR) is 158 cm³/mol. The molecule has 2 saturated heterocycles. The third-order valence-electron chi connectivity index (χ3n) is 6.37. The van der Waals surface area contributed by atoms with Crippen LogP contribution in [0.3, 0.4) is 0 Å². The van der Waals surface area contributed by atoms with E-state index in [0.29, 0.717) is 97.5 Å². The van der Waals surface area contributed by atoms with Gasteiger partial charge in [-0.15, -0.1) is 6.42 Å². The van der Waals surface area contributed by atoms with Crippen LogP contribution in [-0.4, -0.2) is 133 Å². The average Bonchev–Trinajstić information content (AvgIpc) is 3.54. The first-order valence-corrected chi connectivity index (χ1v) is 15.8. The Morgan fingerprint density at radius 2 is 1.31 bits per heavy atom. The highest BCUT2D eigenvalue weighted by Gasteiger charge is 2.42. The number of unbranched alkanes of at least 4 members (excludes halogenated alkanes) is 1. The summed E-state index contributed by atoms with van der Waals surface area (Å²) in [7, 11) is 0. The Bertz CT molecular complexity index is 802. The minimum atomic E-state index is -0.129. The molecule has 2 aliphatic heterocycles. The first kappa shape index (κ1) is 36.1. The normalized spacial score (nSPS) is 19.1. The number of amides is 4. The second-order valence-corrected chi connectivity index (χ2v) is 10.9. The smallest absolute Gasteiger partial charge is 0.315 e. The molecular weight excluding hydrogens is 568 g/mol. The maximum Gasteiger partial charge on any atom is 0.315 e. The number of carbonyl (C=O) groups excluding carboxylic acids is 3. The summed E-state index contributed by atoms with van der Waals surface area (Å²) >= 11 is 1.90. The highest BCUT2D eigenvalue weighted by molar-refractivity contribution is 8.00. The highest BCUT2D eigenvalue weighted by atomic mass is 32.2. The van der Waals surface area contributed by atoms with Crippen molar-refractivity contribution in [3.63, 3.8) is 0 Å². The molecule has 14 heteroatoms. The fourth-order valence-electron chi connectivity index (χ4n) is 4.23. The SMILES string of the molecule is C#CCNC(=O)CCOCCOCCOCCOCCOCCOCCNC(=O)CCCC[C@@H]1SC[C@@H]2NC(=O)N[C@@H]21. The summed E-state index contributed by atoms with van der Waals surface area (Å²) < 4.78 is 32.5. The van der Waals surface area contributed by atoms with Gasteiger partial charge in [-0.1, -0.05) is 12.3 Å². The number of fused-ring (bicyclic) bond motifs is 1.